The maximum atomic E-state index is 11.9. The predicted molar refractivity (Wildman–Crippen MR) is 79.9 cm³/mol. The smallest absolute Gasteiger partial charge is 0.325 e. The number of likely N-dealkylation sites (N-methyl/N-ethyl adjacent to an activating group) is 2. The summed E-state index contributed by atoms with van der Waals surface area (Å²) in [7, 11) is 2.15. The zero-order valence-electron chi connectivity index (χ0n) is 13.3. The van der Waals surface area contributed by atoms with Gasteiger partial charge in [-0.2, -0.15) is 0 Å². The van der Waals surface area contributed by atoms with E-state index in [1.165, 1.54) is 0 Å². The van der Waals surface area contributed by atoms with Gasteiger partial charge in [-0.15, -0.1) is 0 Å². The second-order valence-corrected chi connectivity index (χ2v) is 7.03. The van der Waals surface area contributed by atoms with Crippen molar-refractivity contribution in [1.29, 1.82) is 0 Å². The van der Waals surface area contributed by atoms with Crippen LogP contribution in [-0.4, -0.2) is 71.7 Å². The van der Waals surface area contributed by atoms with Crippen molar-refractivity contribution in [3.05, 3.63) is 0 Å². The fourth-order valence-corrected chi connectivity index (χ4v) is 3.37. The number of carbonyl (C=O) groups is 1. The molecule has 1 saturated heterocycles. The van der Waals surface area contributed by atoms with Crippen molar-refractivity contribution < 1.29 is 9.90 Å². The Morgan fingerprint density at radius 3 is 2.50 bits per heavy atom. The molecule has 1 atom stereocenters. The third-order valence-electron chi connectivity index (χ3n) is 5.02. The van der Waals surface area contributed by atoms with Gasteiger partial charge in [-0.1, -0.05) is 6.92 Å². The van der Waals surface area contributed by atoms with Crippen LogP contribution in [0, 0.1) is 5.92 Å². The Bertz CT molecular complexity index is 368. The molecule has 1 aliphatic carbocycles. The Morgan fingerprint density at radius 2 is 2.05 bits per heavy atom. The van der Waals surface area contributed by atoms with E-state index >= 15 is 0 Å². The normalized spacial score (nSPS) is 27.2. The number of piperazine rings is 1. The van der Waals surface area contributed by atoms with E-state index in [2.05, 4.69) is 36.0 Å². The maximum Gasteiger partial charge on any atom is 0.325 e. The zero-order valence-corrected chi connectivity index (χ0v) is 13.3. The third kappa shape index (κ3) is 3.00. The average Bonchev–Trinajstić information content (AvgIpc) is 3.17. The van der Waals surface area contributed by atoms with Crippen LogP contribution in [0.2, 0.25) is 0 Å². The first-order valence-electron chi connectivity index (χ1n) is 7.74. The summed E-state index contributed by atoms with van der Waals surface area (Å²) in [5.41, 5.74) is -0.640. The summed E-state index contributed by atoms with van der Waals surface area (Å²) in [6.45, 7) is 10.7. The second kappa shape index (κ2) is 5.62. The van der Waals surface area contributed by atoms with Crippen LogP contribution in [0.3, 0.4) is 0 Å². The molecule has 20 heavy (non-hydrogen) atoms. The highest BCUT2D eigenvalue weighted by molar-refractivity contribution is 5.80. The van der Waals surface area contributed by atoms with Gasteiger partial charge in [-0.05, 0) is 46.2 Å². The number of rotatable bonds is 6. The summed E-state index contributed by atoms with van der Waals surface area (Å²) < 4.78 is 0. The maximum absolute atomic E-state index is 11.9. The standard InChI is InChI=1S/C15H29N3O2/c1-5-16-15(13(19)20,12-6-7-12)11-18-9-8-17(4)14(2,3)10-18/h12,16H,5-11H2,1-4H3,(H,19,20). The molecule has 116 valence electrons. The number of nitrogens with one attached hydrogen (secondary N) is 1. The number of hydrogen-bond donors (Lipinski definition) is 2. The van der Waals surface area contributed by atoms with Crippen LogP contribution >= 0.6 is 0 Å². The molecular formula is C15H29N3O2. The van der Waals surface area contributed by atoms with Crippen molar-refractivity contribution in [2.75, 3.05) is 39.8 Å². The Kier molecular flexibility index (Phi) is 4.42. The summed E-state index contributed by atoms with van der Waals surface area (Å²) in [6.07, 6.45) is 2.08. The highest BCUT2D eigenvalue weighted by atomic mass is 16.4. The zero-order chi connectivity index (χ0) is 15.0. The molecule has 0 amide bonds. The van der Waals surface area contributed by atoms with Gasteiger partial charge in [0, 0.05) is 31.7 Å². The molecule has 0 bridgehead atoms. The van der Waals surface area contributed by atoms with E-state index in [0.717, 1.165) is 32.5 Å². The average molecular weight is 283 g/mol. The fraction of sp³-hybridized carbons (Fsp3) is 0.933. The van der Waals surface area contributed by atoms with Crippen molar-refractivity contribution in [2.24, 2.45) is 5.92 Å². The summed E-state index contributed by atoms with van der Waals surface area (Å²) in [5, 5.41) is 13.1. The van der Waals surface area contributed by atoms with Gasteiger partial charge >= 0.3 is 5.97 Å². The highest BCUT2D eigenvalue weighted by Crippen LogP contribution is 2.41. The van der Waals surface area contributed by atoms with E-state index in [1.54, 1.807) is 0 Å². The van der Waals surface area contributed by atoms with Gasteiger partial charge in [0.15, 0.2) is 0 Å². The van der Waals surface area contributed by atoms with Gasteiger partial charge in [0.25, 0.3) is 0 Å². The number of carboxylic acids is 1. The summed E-state index contributed by atoms with van der Waals surface area (Å²) >= 11 is 0. The van der Waals surface area contributed by atoms with Crippen molar-refractivity contribution in [3.8, 4) is 0 Å². The number of hydrogen-bond acceptors (Lipinski definition) is 4. The topological polar surface area (TPSA) is 55.8 Å². The first kappa shape index (κ1) is 15.7. The van der Waals surface area contributed by atoms with E-state index in [0.29, 0.717) is 19.0 Å². The van der Waals surface area contributed by atoms with Gasteiger partial charge in [0.2, 0.25) is 0 Å². The van der Waals surface area contributed by atoms with Crippen LogP contribution in [0.25, 0.3) is 0 Å². The monoisotopic (exact) mass is 283 g/mol. The van der Waals surface area contributed by atoms with E-state index in [9.17, 15) is 9.90 Å². The number of carboxylic acid groups (broad SMARTS) is 1. The molecule has 0 aromatic rings. The van der Waals surface area contributed by atoms with Crippen LogP contribution in [0.5, 0.6) is 0 Å². The first-order valence-corrected chi connectivity index (χ1v) is 7.74. The van der Waals surface area contributed by atoms with Crippen LogP contribution in [0.4, 0.5) is 0 Å². The molecule has 0 radical (unpaired) electrons. The van der Waals surface area contributed by atoms with Crippen LogP contribution < -0.4 is 5.32 Å². The number of aliphatic carboxylic acids is 1. The number of nitrogens with zero attached hydrogens (tertiary/aromatic N) is 2. The first-order chi connectivity index (χ1) is 9.32. The minimum Gasteiger partial charge on any atom is -0.480 e. The largest absolute Gasteiger partial charge is 0.480 e. The van der Waals surface area contributed by atoms with Crippen molar-refractivity contribution in [3.63, 3.8) is 0 Å². The Labute approximate surface area is 122 Å². The second-order valence-electron chi connectivity index (χ2n) is 7.03. The lowest BCUT2D eigenvalue weighted by Crippen LogP contribution is -2.65. The van der Waals surface area contributed by atoms with Crippen LogP contribution in [-0.2, 0) is 4.79 Å². The molecule has 2 rings (SSSR count). The molecule has 0 aromatic carbocycles. The molecule has 1 unspecified atom stereocenters. The van der Waals surface area contributed by atoms with E-state index in [4.69, 9.17) is 0 Å². The highest BCUT2D eigenvalue weighted by Gasteiger charge is 2.52. The summed E-state index contributed by atoms with van der Waals surface area (Å²) in [6, 6.07) is 0. The molecule has 0 spiro atoms. The SMILES string of the molecule is CCNC(CN1CCN(C)C(C)(C)C1)(C(=O)O)C1CC1. The molecular weight excluding hydrogens is 254 g/mol. The van der Waals surface area contributed by atoms with Gasteiger partial charge < -0.3 is 10.4 Å². The van der Waals surface area contributed by atoms with Crippen molar-refractivity contribution in [2.45, 2.75) is 44.7 Å². The molecule has 5 heteroatoms. The van der Waals surface area contributed by atoms with Gasteiger partial charge in [0.1, 0.15) is 5.54 Å². The van der Waals surface area contributed by atoms with Crippen molar-refractivity contribution in [1.82, 2.24) is 15.1 Å². The molecule has 0 aromatic heterocycles. The molecule has 2 aliphatic rings. The van der Waals surface area contributed by atoms with Gasteiger partial charge in [0.05, 0.1) is 0 Å². The molecule has 1 saturated carbocycles. The van der Waals surface area contributed by atoms with E-state index < -0.39 is 11.5 Å². The van der Waals surface area contributed by atoms with Crippen LogP contribution in [0.15, 0.2) is 0 Å². The summed E-state index contributed by atoms with van der Waals surface area (Å²) in [5.74, 6) is -0.388. The molecule has 5 nitrogen and oxygen atoms in total. The fourth-order valence-electron chi connectivity index (χ4n) is 3.37. The lowest BCUT2D eigenvalue weighted by molar-refractivity contribution is -0.147. The Hall–Kier alpha value is -0.650. The lowest BCUT2D eigenvalue weighted by Gasteiger charge is -2.47. The lowest BCUT2D eigenvalue weighted by atomic mass is 9.90. The minimum absolute atomic E-state index is 0.109. The van der Waals surface area contributed by atoms with E-state index in [1.807, 2.05) is 6.92 Å². The Balaban J connectivity index is 2.10. The van der Waals surface area contributed by atoms with E-state index in [-0.39, 0.29) is 5.54 Å². The molecule has 2 fully saturated rings. The Morgan fingerprint density at radius 1 is 1.40 bits per heavy atom. The van der Waals surface area contributed by atoms with Crippen molar-refractivity contribution >= 4 is 5.97 Å². The molecule has 1 heterocycles. The molecule has 1 aliphatic heterocycles. The quantitative estimate of drug-likeness (QED) is 0.757. The van der Waals surface area contributed by atoms with Gasteiger partial charge in [-0.3, -0.25) is 14.6 Å². The minimum atomic E-state index is -0.749. The summed E-state index contributed by atoms with van der Waals surface area (Å²) in [4.78, 5) is 16.6. The van der Waals surface area contributed by atoms with Crippen LogP contribution in [0.1, 0.15) is 33.6 Å². The molecule has 2 N–H and O–H groups in total. The van der Waals surface area contributed by atoms with Gasteiger partial charge in [-0.25, -0.2) is 0 Å². The predicted octanol–water partition coefficient (Wildman–Crippen LogP) is 0.855. The third-order valence-corrected chi connectivity index (χ3v) is 5.02.